The molecule has 3 aliphatic rings. The van der Waals surface area contributed by atoms with Gasteiger partial charge in [0.15, 0.2) is 0 Å². The number of hydrogen-bond acceptors (Lipinski definition) is 4. The molecule has 1 unspecified atom stereocenters. The largest absolute Gasteiger partial charge is 0.458 e. The fourth-order valence-electron chi connectivity index (χ4n) is 6.11. The maximum atomic E-state index is 13.7. The Balaban J connectivity index is 1.29. The van der Waals surface area contributed by atoms with Crippen molar-refractivity contribution in [2.45, 2.75) is 51.2 Å². The summed E-state index contributed by atoms with van der Waals surface area (Å²) in [5.41, 5.74) is 4.83. The number of aromatic nitrogens is 2. The number of allylic oxidation sites excluding steroid dienone is 1. The molecule has 0 fully saturated rings. The van der Waals surface area contributed by atoms with E-state index >= 15 is 0 Å². The molecule has 2 aliphatic heterocycles. The van der Waals surface area contributed by atoms with E-state index in [0.29, 0.717) is 12.1 Å². The van der Waals surface area contributed by atoms with Crippen molar-refractivity contribution in [1.82, 2.24) is 4.57 Å². The van der Waals surface area contributed by atoms with Crippen LogP contribution < -0.4 is 14.4 Å². The van der Waals surface area contributed by atoms with E-state index in [4.69, 9.17) is 4.74 Å². The highest BCUT2D eigenvalue weighted by Crippen LogP contribution is 2.55. The van der Waals surface area contributed by atoms with Crippen LogP contribution in [0.2, 0.25) is 0 Å². The van der Waals surface area contributed by atoms with Gasteiger partial charge in [-0.25, -0.2) is 13.9 Å². The highest BCUT2D eigenvalue weighted by atomic mass is 16.5. The topological polar surface area (TPSA) is 58.7 Å². The lowest BCUT2D eigenvalue weighted by molar-refractivity contribution is -0.671. The van der Waals surface area contributed by atoms with E-state index in [0.717, 1.165) is 48.3 Å². The molecule has 0 bridgehead atoms. The van der Waals surface area contributed by atoms with Gasteiger partial charge in [0.1, 0.15) is 31.2 Å². The molecule has 3 heterocycles. The normalized spacial score (nSPS) is 19.9. The highest BCUT2D eigenvalue weighted by Gasteiger charge is 2.56. The molecule has 0 radical (unpaired) electrons. The minimum atomic E-state index is -0.627. The van der Waals surface area contributed by atoms with E-state index in [1.807, 2.05) is 76.2 Å². The van der Waals surface area contributed by atoms with Gasteiger partial charge in [0.05, 0.1) is 24.0 Å². The summed E-state index contributed by atoms with van der Waals surface area (Å²) in [6.07, 6.45) is 14.0. The Kier molecular flexibility index (Phi) is 5.86. The monoisotopic (exact) mass is 497 g/mol. The number of nitrogens with zero attached hydrogens (tertiary/aromatic N) is 4. The molecule has 0 N–H and O–H groups in total. The second kappa shape index (κ2) is 9.21. The van der Waals surface area contributed by atoms with E-state index in [1.165, 1.54) is 18.4 Å². The molecular weight excluding hydrogens is 464 g/mol. The summed E-state index contributed by atoms with van der Waals surface area (Å²) in [5.74, 6) is -0.402. The van der Waals surface area contributed by atoms with E-state index < -0.39 is 5.66 Å². The molecule has 7 nitrogen and oxygen atoms in total. The van der Waals surface area contributed by atoms with Crippen molar-refractivity contribution in [2.24, 2.45) is 7.05 Å². The zero-order chi connectivity index (χ0) is 25.6. The van der Waals surface area contributed by atoms with Crippen molar-refractivity contribution in [2.75, 3.05) is 23.0 Å². The number of esters is 1. The van der Waals surface area contributed by atoms with Gasteiger partial charge in [-0.15, -0.1) is 0 Å². The lowest BCUT2D eigenvalue weighted by Gasteiger charge is -2.38. The van der Waals surface area contributed by atoms with E-state index in [2.05, 4.69) is 24.0 Å². The number of amides is 1. The number of imidazole rings is 1. The van der Waals surface area contributed by atoms with Crippen LogP contribution >= 0.6 is 0 Å². The predicted octanol–water partition coefficient (Wildman–Crippen LogP) is 4.71. The average molecular weight is 498 g/mol. The SMILES string of the molecule is C[n+]1ccn(CCOC(=O)c2ccc3c(c2)N2C(=O)c4ccccc4C2(C)N3CCC2=CCCCC2)c1. The lowest BCUT2D eigenvalue weighted by atomic mass is 9.95. The number of carbonyl (C=O) groups is 2. The number of carbonyl (C=O) groups excluding carboxylic acids is 2. The highest BCUT2D eigenvalue weighted by molar-refractivity contribution is 6.16. The molecule has 1 amide bonds. The van der Waals surface area contributed by atoms with Gasteiger partial charge in [0, 0.05) is 17.7 Å². The molecule has 1 aliphatic carbocycles. The Labute approximate surface area is 217 Å². The van der Waals surface area contributed by atoms with Gasteiger partial charge in [0.2, 0.25) is 6.33 Å². The molecular formula is C30H33N4O3+. The number of ether oxygens (including phenoxy) is 1. The fourth-order valence-corrected chi connectivity index (χ4v) is 6.11. The van der Waals surface area contributed by atoms with Crippen LogP contribution in [0.25, 0.3) is 0 Å². The molecule has 1 aromatic heterocycles. The molecule has 0 saturated carbocycles. The summed E-state index contributed by atoms with van der Waals surface area (Å²) < 4.78 is 9.51. The first kappa shape index (κ1) is 23.5. The summed E-state index contributed by atoms with van der Waals surface area (Å²) in [5, 5.41) is 0. The first-order chi connectivity index (χ1) is 18.0. The summed E-state index contributed by atoms with van der Waals surface area (Å²) in [4.78, 5) is 30.9. The minimum Gasteiger partial charge on any atom is -0.458 e. The van der Waals surface area contributed by atoms with Gasteiger partial charge >= 0.3 is 5.97 Å². The first-order valence-electron chi connectivity index (χ1n) is 13.2. The summed E-state index contributed by atoms with van der Waals surface area (Å²) in [6.45, 7) is 3.80. The summed E-state index contributed by atoms with van der Waals surface area (Å²) in [6, 6.07) is 13.5. The number of aryl methyl sites for hydroxylation is 1. The Morgan fingerprint density at radius 1 is 1.11 bits per heavy atom. The van der Waals surface area contributed by atoms with Crippen LogP contribution in [0.1, 0.15) is 65.3 Å². The molecule has 7 heteroatoms. The maximum Gasteiger partial charge on any atom is 0.338 e. The molecule has 0 spiro atoms. The Morgan fingerprint density at radius 3 is 2.76 bits per heavy atom. The Hall–Kier alpha value is -3.87. The second-order valence-electron chi connectivity index (χ2n) is 10.4. The van der Waals surface area contributed by atoms with Crippen LogP contribution in [0.5, 0.6) is 0 Å². The van der Waals surface area contributed by atoms with Crippen molar-refractivity contribution in [3.8, 4) is 0 Å². The molecule has 1 atom stereocenters. The van der Waals surface area contributed by atoms with E-state index in [9.17, 15) is 9.59 Å². The average Bonchev–Trinajstić information content (AvgIpc) is 3.51. The van der Waals surface area contributed by atoms with Crippen LogP contribution in [-0.2, 0) is 24.0 Å². The van der Waals surface area contributed by atoms with Crippen molar-refractivity contribution in [1.29, 1.82) is 0 Å². The van der Waals surface area contributed by atoms with E-state index in [-0.39, 0.29) is 18.5 Å². The number of anilines is 2. The number of fused-ring (bicyclic) bond motifs is 5. The fraction of sp³-hybridized carbons (Fsp3) is 0.367. The van der Waals surface area contributed by atoms with Crippen molar-refractivity contribution in [3.05, 3.63) is 89.5 Å². The third-order valence-electron chi connectivity index (χ3n) is 8.02. The first-order valence-corrected chi connectivity index (χ1v) is 13.2. The molecule has 0 saturated heterocycles. The summed E-state index contributed by atoms with van der Waals surface area (Å²) >= 11 is 0. The minimum absolute atomic E-state index is 0.0234. The van der Waals surface area contributed by atoms with Crippen LogP contribution in [0.4, 0.5) is 11.4 Å². The van der Waals surface area contributed by atoms with Crippen LogP contribution in [0.15, 0.2) is 72.8 Å². The van der Waals surface area contributed by atoms with Gasteiger partial charge in [-0.05, 0) is 63.3 Å². The van der Waals surface area contributed by atoms with Gasteiger partial charge < -0.3 is 9.64 Å². The third kappa shape index (κ3) is 3.93. The number of hydrogen-bond donors (Lipinski definition) is 0. The van der Waals surface area contributed by atoms with Gasteiger partial charge in [-0.2, -0.15) is 0 Å². The molecule has 37 heavy (non-hydrogen) atoms. The zero-order valence-electron chi connectivity index (χ0n) is 21.5. The Bertz CT molecular complexity index is 1410. The van der Waals surface area contributed by atoms with E-state index in [1.54, 1.807) is 0 Å². The summed E-state index contributed by atoms with van der Waals surface area (Å²) in [7, 11) is 1.95. The molecule has 190 valence electrons. The van der Waals surface area contributed by atoms with Gasteiger partial charge in [-0.1, -0.05) is 29.8 Å². The Morgan fingerprint density at radius 2 is 1.97 bits per heavy atom. The lowest BCUT2D eigenvalue weighted by Crippen LogP contribution is -2.50. The third-order valence-corrected chi connectivity index (χ3v) is 8.02. The van der Waals surface area contributed by atoms with Crippen molar-refractivity contribution < 1.29 is 18.9 Å². The second-order valence-corrected chi connectivity index (χ2v) is 10.4. The maximum absolute atomic E-state index is 13.7. The molecule has 2 aromatic carbocycles. The van der Waals surface area contributed by atoms with Gasteiger partial charge in [-0.3, -0.25) is 9.69 Å². The number of rotatable bonds is 7. The van der Waals surface area contributed by atoms with Crippen LogP contribution in [0, 0.1) is 0 Å². The van der Waals surface area contributed by atoms with Crippen LogP contribution in [0.3, 0.4) is 0 Å². The van der Waals surface area contributed by atoms with Crippen molar-refractivity contribution in [3.63, 3.8) is 0 Å². The van der Waals surface area contributed by atoms with Gasteiger partial charge in [0.25, 0.3) is 5.91 Å². The smallest absolute Gasteiger partial charge is 0.338 e. The zero-order valence-corrected chi connectivity index (χ0v) is 21.5. The molecule has 3 aromatic rings. The quantitative estimate of drug-likeness (QED) is 0.269. The van der Waals surface area contributed by atoms with Crippen LogP contribution in [-0.4, -0.2) is 29.6 Å². The number of benzene rings is 2. The van der Waals surface area contributed by atoms with Crippen molar-refractivity contribution >= 4 is 23.3 Å². The molecule has 6 rings (SSSR count). The predicted molar refractivity (Wildman–Crippen MR) is 141 cm³/mol. The standard InChI is InChI=1S/C30H33N4O3/c1-30-25-11-7-6-10-24(25)28(35)34(30)27-20-23(29(36)37-19-18-32-17-16-31(2)21-32)12-13-26(27)33(30)15-14-22-8-4-3-5-9-22/h6-8,10-13,16-17,20-21H,3-5,9,14-15,18-19H2,1-2H3/q+1.